The second-order valence-corrected chi connectivity index (χ2v) is 6.94. The minimum Gasteiger partial charge on any atom is -0.497 e. The molecule has 2 aliphatic rings. The van der Waals surface area contributed by atoms with Gasteiger partial charge in [0.2, 0.25) is 5.91 Å². The van der Waals surface area contributed by atoms with E-state index in [2.05, 4.69) is 25.1 Å². The van der Waals surface area contributed by atoms with Gasteiger partial charge in [-0.25, -0.2) is 4.98 Å². The topological polar surface area (TPSA) is 71.4 Å². The Kier molecular flexibility index (Phi) is 4.90. The van der Waals surface area contributed by atoms with Crippen LogP contribution >= 0.6 is 0 Å². The molecule has 2 N–H and O–H groups in total. The van der Waals surface area contributed by atoms with Crippen LogP contribution in [0.5, 0.6) is 5.75 Å². The summed E-state index contributed by atoms with van der Waals surface area (Å²) in [6, 6.07) is 8.19. The van der Waals surface area contributed by atoms with Gasteiger partial charge in [-0.05, 0) is 37.1 Å². The van der Waals surface area contributed by atoms with Gasteiger partial charge in [0.15, 0.2) is 0 Å². The van der Waals surface area contributed by atoms with Crippen LogP contribution in [-0.4, -0.2) is 59.2 Å². The number of carbonyl (C=O) groups is 1. The molecule has 7 nitrogen and oxygen atoms in total. The summed E-state index contributed by atoms with van der Waals surface area (Å²) in [5.74, 6) is 1.93. The number of amides is 1. The van der Waals surface area contributed by atoms with E-state index in [4.69, 9.17) is 4.74 Å². The fraction of sp³-hybridized carbons (Fsp3) is 0.474. The maximum Gasteiger partial charge on any atom is 0.238 e. The van der Waals surface area contributed by atoms with Crippen molar-refractivity contribution in [2.75, 3.05) is 26.7 Å². The first-order chi connectivity index (χ1) is 12.7. The molecule has 1 saturated heterocycles. The van der Waals surface area contributed by atoms with Gasteiger partial charge in [0.25, 0.3) is 0 Å². The summed E-state index contributed by atoms with van der Waals surface area (Å²) in [4.78, 5) is 19.1. The standard InChI is InChI=1S/C19H25N5O2/c1-26-16-6-4-15(5-7-16)24-11-9-21-18(24)13-23-10-8-20-17(12-23)19(25)22-14-2-3-14/h4-7,9,11,14,17,20H,2-3,8,10,12-13H2,1H3,(H,22,25)/t17-/m1/s1. The van der Waals surface area contributed by atoms with Crippen molar-refractivity contribution >= 4 is 5.91 Å². The highest BCUT2D eigenvalue weighted by Gasteiger charge is 2.30. The monoisotopic (exact) mass is 355 g/mol. The van der Waals surface area contributed by atoms with Crippen molar-refractivity contribution in [1.82, 2.24) is 25.1 Å². The maximum atomic E-state index is 12.3. The highest BCUT2D eigenvalue weighted by atomic mass is 16.5. The van der Waals surface area contributed by atoms with E-state index in [0.29, 0.717) is 19.1 Å². The van der Waals surface area contributed by atoms with Crippen LogP contribution in [-0.2, 0) is 11.3 Å². The van der Waals surface area contributed by atoms with Crippen molar-refractivity contribution in [3.63, 3.8) is 0 Å². The summed E-state index contributed by atoms with van der Waals surface area (Å²) in [5.41, 5.74) is 1.05. The lowest BCUT2D eigenvalue weighted by atomic mass is 10.2. The molecule has 7 heteroatoms. The van der Waals surface area contributed by atoms with Gasteiger partial charge >= 0.3 is 0 Å². The predicted octanol–water partition coefficient (Wildman–Crippen LogP) is 0.933. The Labute approximate surface area is 153 Å². The lowest BCUT2D eigenvalue weighted by Crippen LogP contribution is -2.57. The summed E-state index contributed by atoms with van der Waals surface area (Å²) in [7, 11) is 1.66. The molecule has 26 heavy (non-hydrogen) atoms. The lowest BCUT2D eigenvalue weighted by molar-refractivity contribution is -0.124. The largest absolute Gasteiger partial charge is 0.497 e. The summed E-state index contributed by atoms with van der Waals surface area (Å²) in [6.45, 7) is 3.14. The van der Waals surface area contributed by atoms with Crippen LogP contribution in [0.25, 0.3) is 5.69 Å². The van der Waals surface area contributed by atoms with E-state index < -0.39 is 0 Å². The van der Waals surface area contributed by atoms with Crippen LogP contribution in [0, 0.1) is 0 Å². The molecule has 1 saturated carbocycles. The summed E-state index contributed by atoms with van der Waals surface area (Å²) >= 11 is 0. The van der Waals surface area contributed by atoms with Crippen molar-refractivity contribution in [1.29, 1.82) is 0 Å². The molecule has 0 unspecified atom stereocenters. The molecule has 0 radical (unpaired) electrons. The zero-order chi connectivity index (χ0) is 17.9. The van der Waals surface area contributed by atoms with E-state index in [0.717, 1.165) is 43.2 Å². The predicted molar refractivity (Wildman–Crippen MR) is 98.3 cm³/mol. The molecule has 1 aliphatic heterocycles. The van der Waals surface area contributed by atoms with E-state index in [1.165, 1.54) is 0 Å². The molecule has 138 valence electrons. The fourth-order valence-corrected chi connectivity index (χ4v) is 3.29. The Morgan fingerprint density at radius 3 is 2.88 bits per heavy atom. The number of benzene rings is 1. The number of carbonyl (C=O) groups excluding carboxylic acids is 1. The van der Waals surface area contributed by atoms with Crippen molar-refractivity contribution in [3.8, 4) is 11.4 Å². The Morgan fingerprint density at radius 2 is 2.15 bits per heavy atom. The van der Waals surface area contributed by atoms with Gasteiger partial charge in [-0.1, -0.05) is 0 Å². The van der Waals surface area contributed by atoms with E-state index in [9.17, 15) is 4.79 Å². The number of rotatable bonds is 6. The SMILES string of the molecule is COc1ccc(-n2ccnc2CN2CCN[C@@H](C(=O)NC3CC3)C2)cc1. The fourth-order valence-electron chi connectivity index (χ4n) is 3.29. The first-order valence-corrected chi connectivity index (χ1v) is 9.15. The van der Waals surface area contributed by atoms with Gasteiger partial charge in [0.05, 0.1) is 19.7 Å². The summed E-state index contributed by atoms with van der Waals surface area (Å²) in [5, 5.41) is 6.42. The summed E-state index contributed by atoms with van der Waals surface area (Å²) in [6.07, 6.45) is 6.01. The van der Waals surface area contributed by atoms with Gasteiger partial charge < -0.3 is 19.9 Å². The number of ether oxygens (including phenoxy) is 1. The minimum atomic E-state index is -0.145. The molecular weight excluding hydrogens is 330 g/mol. The third-order valence-electron chi connectivity index (χ3n) is 4.93. The van der Waals surface area contributed by atoms with Crippen molar-refractivity contribution < 1.29 is 9.53 Å². The Morgan fingerprint density at radius 1 is 1.35 bits per heavy atom. The lowest BCUT2D eigenvalue weighted by Gasteiger charge is -2.32. The van der Waals surface area contributed by atoms with Crippen molar-refractivity contribution in [2.45, 2.75) is 31.5 Å². The van der Waals surface area contributed by atoms with E-state index in [1.54, 1.807) is 7.11 Å². The molecule has 1 aromatic carbocycles. The molecule has 1 aromatic heterocycles. The highest BCUT2D eigenvalue weighted by Crippen LogP contribution is 2.19. The van der Waals surface area contributed by atoms with E-state index >= 15 is 0 Å². The first kappa shape index (κ1) is 17.1. The third-order valence-corrected chi connectivity index (χ3v) is 4.93. The molecule has 2 aromatic rings. The van der Waals surface area contributed by atoms with Crippen LogP contribution < -0.4 is 15.4 Å². The number of aromatic nitrogens is 2. The molecule has 2 fully saturated rings. The first-order valence-electron chi connectivity index (χ1n) is 9.15. The van der Waals surface area contributed by atoms with Crippen molar-refractivity contribution in [2.24, 2.45) is 0 Å². The Bertz CT molecular complexity index is 754. The number of nitrogens with one attached hydrogen (secondary N) is 2. The van der Waals surface area contributed by atoms with Gasteiger partial charge in [-0.15, -0.1) is 0 Å². The number of nitrogens with zero attached hydrogens (tertiary/aromatic N) is 3. The van der Waals surface area contributed by atoms with Crippen molar-refractivity contribution in [3.05, 3.63) is 42.5 Å². The average Bonchev–Trinajstić information content (AvgIpc) is 3.37. The molecule has 4 rings (SSSR count). The van der Waals surface area contributed by atoms with Crippen LogP contribution in [0.4, 0.5) is 0 Å². The van der Waals surface area contributed by atoms with Crippen LogP contribution in [0.2, 0.25) is 0 Å². The molecule has 1 atom stereocenters. The number of hydrogen-bond acceptors (Lipinski definition) is 5. The smallest absolute Gasteiger partial charge is 0.238 e. The molecule has 0 spiro atoms. The average molecular weight is 355 g/mol. The van der Waals surface area contributed by atoms with Gasteiger partial charge in [-0.2, -0.15) is 0 Å². The Hall–Kier alpha value is -2.38. The van der Waals surface area contributed by atoms with Crippen LogP contribution in [0.1, 0.15) is 18.7 Å². The van der Waals surface area contributed by atoms with E-state index in [1.807, 2.05) is 36.7 Å². The van der Waals surface area contributed by atoms with Crippen LogP contribution in [0.3, 0.4) is 0 Å². The normalized spacial score (nSPS) is 20.7. The van der Waals surface area contributed by atoms with Gasteiger partial charge in [0, 0.05) is 43.8 Å². The maximum absolute atomic E-state index is 12.3. The molecule has 1 aliphatic carbocycles. The second kappa shape index (κ2) is 7.47. The zero-order valence-corrected chi connectivity index (χ0v) is 15.0. The number of piperazine rings is 1. The van der Waals surface area contributed by atoms with Gasteiger partial charge in [0.1, 0.15) is 11.6 Å². The Balaban J connectivity index is 1.42. The molecule has 0 bridgehead atoms. The molecular formula is C19H25N5O2. The number of imidazole rings is 1. The number of hydrogen-bond donors (Lipinski definition) is 2. The van der Waals surface area contributed by atoms with E-state index in [-0.39, 0.29) is 11.9 Å². The summed E-state index contributed by atoms with van der Waals surface area (Å²) < 4.78 is 7.31. The third kappa shape index (κ3) is 3.89. The second-order valence-electron chi connectivity index (χ2n) is 6.94. The highest BCUT2D eigenvalue weighted by molar-refractivity contribution is 5.82. The molecule has 1 amide bonds. The molecule has 2 heterocycles. The minimum absolute atomic E-state index is 0.121. The number of methoxy groups -OCH3 is 1. The zero-order valence-electron chi connectivity index (χ0n) is 15.0. The quantitative estimate of drug-likeness (QED) is 0.807. The van der Waals surface area contributed by atoms with Gasteiger partial charge in [-0.3, -0.25) is 9.69 Å². The van der Waals surface area contributed by atoms with Crippen LogP contribution in [0.15, 0.2) is 36.7 Å².